The smallest absolute Gasteiger partial charge is 0.395 e. The molecule has 24 heavy (non-hydrogen) atoms. The molecule has 2 aliphatic heterocycles. The van der Waals surface area contributed by atoms with E-state index in [1.807, 2.05) is 0 Å². The molecule has 0 saturated carbocycles. The van der Waals surface area contributed by atoms with Gasteiger partial charge in [0.05, 0.1) is 6.10 Å². The van der Waals surface area contributed by atoms with Gasteiger partial charge in [-0.2, -0.15) is 0 Å². The van der Waals surface area contributed by atoms with Crippen molar-refractivity contribution in [3.05, 3.63) is 23.8 Å². The quantitative estimate of drug-likeness (QED) is 0.819. The number of hydrogen-bond donors (Lipinski definition) is 2. The van der Waals surface area contributed by atoms with Crippen LogP contribution in [0.1, 0.15) is 18.4 Å². The van der Waals surface area contributed by atoms with E-state index in [1.54, 1.807) is 6.07 Å². The standard InChI is InChI=1S/C16H20F2N2O4/c17-16(18)23-13-2-1-11(9-14(13)24-16)3-8-20-15(21)10-22-12-4-6-19-7-5-12/h1-2,9,12,19H,3-8,10H2,(H,20,21). The van der Waals surface area contributed by atoms with Crippen LogP contribution in [0.2, 0.25) is 0 Å². The molecule has 1 amide bonds. The first-order valence-corrected chi connectivity index (χ1v) is 8.00. The number of ether oxygens (including phenoxy) is 3. The number of rotatable bonds is 6. The van der Waals surface area contributed by atoms with Crippen molar-refractivity contribution >= 4 is 5.91 Å². The lowest BCUT2D eigenvalue weighted by atomic mass is 10.1. The maximum Gasteiger partial charge on any atom is 0.586 e. The zero-order chi connectivity index (χ0) is 17.0. The van der Waals surface area contributed by atoms with E-state index >= 15 is 0 Å². The first-order chi connectivity index (χ1) is 11.5. The first-order valence-electron chi connectivity index (χ1n) is 8.00. The van der Waals surface area contributed by atoms with E-state index in [0.29, 0.717) is 13.0 Å². The second kappa shape index (κ2) is 7.31. The summed E-state index contributed by atoms with van der Waals surface area (Å²) < 4.78 is 40.2. The summed E-state index contributed by atoms with van der Waals surface area (Å²) in [5, 5.41) is 5.99. The number of alkyl halides is 2. The number of hydrogen-bond acceptors (Lipinski definition) is 5. The summed E-state index contributed by atoms with van der Waals surface area (Å²) in [6, 6.07) is 4.60. The number of piperidine rings is 1. The van der Waals surface area contributed by atoms with Crippen LogP contribution in [0.5, 0.6) is 11.5 Å². The Labute approximate surface area is 138 Å². The zero-order valence-corrected chi connectivity index (χ0v) is 13.1. The summed E-state index contributed by atoms with van der Waals surface area (Å²) >= 11 is 0. The van der Waals surface area contributed by atoms with E-state index in [1.165, 1.54) is 12.1 Å². The minimum Gasteiger partial charge on any atom is -0.395 e. The number of carbonyl (C=O) groups is 1. The van der Waals surface area contributed by atoms with Crippen LogP contribution >= 0.6 is 0 Å². The summed E-state index contributed by atoms with van der Waals surface area (Å²) in [6.07, 6.45) is -1.15. The largest absolute Gasteiger partial charge is 0.586 e. The third-order valence-electron chi connectivity index (χ3n) is 3.94. The van der Waals surface area contributed by atoms with Crippen LogP contribution in [0, 0.1) is 0 Å². The molecule has 2 aliphatic rings. The predicted molar refractivity (Wildman–Crippen MR) is 81.2 cm³/mol. The molecule has 0 radical (unpaired) electrons. The summed E-state index contributed by atoms with van der Waals surface area (Å²) in [5.41, 5.74) is 0.773. The molecule has 1 saturated heterocycles. The fourth-order valence-electron chi connectivity index (χ4n) is 2.70. The summed E-state index contributed by atoms with van der Waals surface area (Å²) in [4.78, 5) is 11.8. The molecule has 0 bridgehead atoms. The highest BCUT2D eigenvalue weighted by atomic mass is 19.3. The van der Waals surface area contributed by atoms with E-state index < -0.39 is 6.29 Å². The van der Waals surface area contributed by atoms with Gasteiger partial charge in [0.1, 0.15) is 6.61 Å². The Hall–Kier alpha value is -1.93. The van der Waals surface area contributed by atoms with E-state index in [-0.39, 0.29) is 30.1 Å². The van der Waals surface area contributed by atoms with Gasteiger partial charge in [-0.15, -0.1) is 8.78 Å². The highest BCUT2D eigenvalue weighted by Crippen LogP contribution is 2.41. The Morgan fingerprint density at radius 2 is 2.04 bits per heavy atom. The van der Waals surface area contributed by atoms with Crippen molar-refractivity contribution in [2.24, 2.45) is 0 Å². The topological polar surface area (TPSA) is 68.8 Å². The minimum absolute atomic E-state index is 0.0121. The van der Waals surface area contributed by atoms with Crippen LogP contribution < -0.4 is 20.1 Å². The van der Waals surface area contributed by atoms with Crippen molar-refractivity contribution < 1.29 is 27.8 Å². The molecule has 132 valence electrons. The Morgan fingerprint density at radius 3 is 2.83 bits per heavy atom. The molecule has 2 heterocycles. The van der Waals surface area contributed by atoms with Gasteiger partial charge in [0.2, 0.25) is 5.91 Å². The molecule has 2 N–H and O–H groups in total. The van der Waals surface area contributed by atoms with E-state index in [4.69, 9.17) is 4.74 Å². The lowest BCUT2D eigenvalue weighted by Crippen LogP contribution is -2.36. The number of benzene rings is 1. The van der Waals surface area contributed by atoms with Crippen LogP contribution in [0.3, 0.4) is 0 Å². The normalized spacial score (nSPS) is 19.2. The van der Waals surface area contributed by atoms with Gasteiger partial charge in [-0.25, -0.2) is 0 Å². The molecule has 0 spiro atoms. The van der Waals surface area contributed by atoms with Gasteiger partial charge in [-0.1, -0.05) is 6.07 Å². The van der Waals surface area contributed by atoms with Gasteiger partial charge < -0.3 is 24.8 Å². The molecular weight excluding hydrogens is 322 g/mol. The van der Waals surface area contributed by atoms with Gasteiger partial charge in [0, 0.05) is 6.54 Å². The van der Waals surface area contributed by atoms with Crippen molar-refractivity contribution in [3.63, 3.8) is 0 Å². The second-order valence-corrected chi connectivity index (χ2v) is 5.81. The lowest BCUT2D eigenvalue weighted by molar-refractivity contribution is -0.286. The SMILES string of the molecule is O=C(COC1CCNCC1)NCCc1ccc2c(c1)OC(F)(F)O2. The van der Waals surface area contributed by atoms with Crippen LogP contribution in [-0.2, 0) is 16.0 Å². The fourth-order valence-corrected chi connectivity index (χ4v) is 2.70. The number of amides is 1. The highest BCUT2D eigenvalue weighted by Gasteiger charge is 2.43. The monoisotopic (exact) mass is 342 g/mol. The predicted octanol–water partition coefficient (Wildman–Crippen LogP) is 1.44. The molecule has 1 aromatic rings. The number of halogens is 2. The molecule has 0 aromatic heterocycles. The average Bonchev–Trinajstić information content (AvgIpc) is 2.87. The first kappa shape index (κ1) is 16.9. The van der Waals surface area contributed by atoms with Gasteiger partial charge in [-0.05, 0) is 50.0 Å². The molecule has 0 aliphatic carbocycles. The maximum atomic E-state index is 12.9. The lowest BCUT2D eigenvalue weighted by Gasteiger charge is -2.22. The zero-order valence-electron chi connectivity index (χ0n) is 13.1. The van der Waals surface area contributed by atoms with Gasteiger partial charge in [0.15, 0.2) is 11.5 Å². The number of fused-ring (bicyclic) bond motifs is 1. The molecule has 8 heteroatoms. The molecular formula is C16H20F2N2O4. The summed E-state index contributed by atoms with van der Waals surface area (Å²) in [7, 11) is 0. The Balaban J connectivity index is 1.38. The molecule has 1 aromatic carbocycles. The van der Waals surface area contributed by atoms with Crippen LogP contribution in [0.25, 0.3) is 0 Å². The minimum atomic E-state index is -3.61. The van der Waals surface area contributed by atoms with Crippen LogP contribution in [0.15, 0.2) is 18.2 Å². The third-order valence-corrected chi connectivity index (χ3v) is 3.94. The van der Waals surface area contributed by atoms with Gasteiger partial charge >= 0.3 is 6.29 Å². The van der Waals surface area contributed by atoms with E-state index in [2.05, 4.69) is 20.1 Å². The molecule has 1 fully saturated rings. The van der Waals surface area contributed by atoms with Gasteiger partial charge in [-0.3, -0.25) is 4.79 Å². The molecule has 6 nitrogen and oxygen atoms in total. The Morgan fingerprint density at radius 1 is 1.29 bits per heavy atom. The van der Waals surface area contributed by atoms with E-state index in [9.17, 15) is 13.6 Å². The van der Waals surface area contributed by atoms with Gasteiger partial charge in [0.25, 0.3) is 0 Å². The van der Waals surface area contributed by atoms with Crippen molar-refractivity contribution in [1.82, 2.24) is 10.6 Å². The van der Waals surface area contributed by atoms with Crippen LogP contribution in [-0.4, -0.2) is 44.5 Å². The van der Waals surface area contributed by atoms with Crippen molar-refractivity contribution in [2.45, 2.75) is 31.7 Å². The highest BCUT2D eigenvalue weighted by molar-refractivity contribution is 5.77. The van der Waals surface area contributed by atoms with Crippen molar-refractivity contribution in [3.8, 4) is 11.5 Å². The number of carbonyl (C=O) groups excluding carboxylic acids is 1. The number of nitrogens with one attached hydrogen (secondary N) is 2. The average molecular weight is 342 g/mol. The summed E-state index contributed by atoms with van der Waals surface area (Å²) in [5.74, 6) is -0.151. The van der Waals surface area contributed by atoms with E-state index in [0.717, 1.165) is 31.5 Å². The Bertz CT molecular complexity index is 591. The van der Waals surface area contributed by atoms with Crippen LogP contribution in [0.4, 0.5) is 8.78 Å². The van der Waals surface area contributed by atoms with Crippen molar-refractivity contribution in [2.75, 3.05) is 26.2 Å². The molecule has 0 unspecified atom stereocenters. The molecule has 3 rings (SSSR count). The Kier molecular flexibility index (Phi) is 5.15. The second-order valence-electron chi connectivity index (χ2n) is 5.81. The fraction of sp³-hybridized carbons (Fsp3) is 0.562. The summed E-state index contributed by atoms with van der Waals surface area (Å²) in [6.45, 7) is 2.26. The molecule has 0 atom stereocenters. The maximum absolute atomic E-state index is 12.9. The van der Waals surface area contributed by atoms with Crippen molar-refractivity contribution in [1.29, 1.82) is 0 Å². The third kappa shape index (κ3) is 4.55.